The van der Waals surface area contributed by atoms with E-state index in [1.165, 1.54) is 22.7 Å². The highest BCUT2D eigenvalue weighted by Gasteiger charge is 2.32. The standard InChI is InChI=1S/C15H18N4OS/c1-15(8-4-6-11-5-2-3-7-12(11)15)10-16-14(20)18-13-9-17-19-21-13/h2-3,5,7,9H,4,6,8,10H2,1H3,(H2,16,18,20). The molecule has 0 bridgehead atoms. The lowest BCUT2D eigenvalue weighted by molar-refractivity contribution is 0.247. The number of urea groups is 1. The molecule has 0 fully saturated rings. The highest BCUT2D eigenvalue weighted by atomic mass is 32.1. The van der Waals surface area contributed by atoms with Crippen molar-refractivity contribution in [2.24, 2.45) is 0 Å². The van der Waals surface area contributed by atoms with Gasteiger partial charge < -0.3 is 5.32 Å². The number of carbonyl (C=O) groups excluding carboxylic acids is 1. The van der Waals surface area contributed by atoms with E-state index in [0.717, 1.165) is 19.3 Å². The molecule has 1 unspecified atom stereocenters. The predicted molar refractivity (Wildman–Crippen MR) is 83.7 cm³/mol. The van der Waals surface area contributed by atoms with Crippen LogP contribution in [0.25, 0.3) is 0 Å². The molecule has 0 radical (unpaired) electrons. The minimum Gasteiger partial charge on any atom is -0.337 e. The largest absolute Gasteiger partial charge is 0.337 e. The predicted octanol–water partition coefficient (Wildman–Crippen LogP) is 2.95. The molecule has 3 rings (SSSR count). The van der Waals surface area contributed by atoms with Gasteiger partial charge in [0.15, 0.2) is 0 Å². The number of rotatable bonds is 3. The Labute approximate surface area is 127 Å². The van der Waals surface area contributed by atoms with Gasteiger partial charge in [-0.05, 0) is 30.4 Å². The second kappa shape index (κ2) is 5.81. The number of amides is 2. The van der Waals surface area contributed by atoms with E-state index in [1.54, 1.807) is 6.20 Å². The monoisotopic (exact) mass is 302 g/mol. The Hall–Kier alpha value is -1.95. The van der Waals surface area contributed by atoms with Crippen molar-refractivity contribution in [3.63, 3.8) is 0 Å². The molecule has 1 atom stereocenters. The van der Waals surface area contributed by atoms with E-state index in [-0.39, 0.29) is 11.4 Å². The number of hydrogen-bond acceptors (Lipinski definition) is 4. The minimum atomic E-state index is -0.203. The molecule has 2 amide bonds. The van der Waals surface area contributed by atoms with Gasteiger partial charge in [-0.1, -0.05) is 35.7 Å². The van der Waals surface area contributed by atoms with Crippen LogP contribution < -0.4 is 10.6 Å². The Bertz CT molecular complexity index is 628. The van der Waals surface area contributed by atoms with Crippen LogP contribution in [0.15, 0.2) is 30.5 Å². The van der Waals surface area contributed by atoms with Gasteiger partial charge in [0.05, 0.1) is 6.20 Å². The zero-order valence-corrected chi connectivity index (χ0v) is 12.7. The summed E-state index contributed by atoms with van der Waals surface area (Å²) in [6.45, 7) is 2.85. The van der Waals surface area contributed by atoms with Gasteiger partial charge in [0.1, 0.15) is 5.00 Å². The number of carbonyl (C=O) groups is 1. The summed E-state index contributed by atoms with van der Waals surface area (Å²) in [7, 11) is 0. The first-order chi connectivity index (χ1) is 10.2. The average Bonchev–Trinajstić information content (AvgIpc) is 2.99. The molecular formula is C15H18N4OS. The number of fused-ring (bicyclic) bond motifs is 1. The zero-order valence-electron chi connectivity index (χ0n) is 11.9. The van der Waals surface area contributed by atoms with Crippen molar-refractivity contribution in [1.29, 1.82) is 0 Å². The number of anilines is 1. The maximum Gasteiger partial charge on any atom is 0.319 e. The summed E-state index contributed by atoms with van der Waals surface area (Å²) < 4.78 is 3.72. The third-order valence-electron chi connectivity index (χ3n) is 4.08. The van der Waals surface area contributed by atoms with Crippen LogP contribution in [0.5, 0.6) is 0 Å². The third-order valence-corrected chi connectivity index (χ3v) is 4.66. The van der Waals surface area contributed by atoms with E-state index in [9.17, 15) is 4.79 Å². The van der Waals surface area contributed by atoms with Crippen molar-refractivity contribution < 1.29 is 4.79 Å². The smallest absolute Gasteiger partial charge is 0.319 e. The number of hydrogen-bond donors (Lipinski definition) is 2. The molecule has 0 saturated carbocycles. The summed E-state index contributed by atoms with van der Waals surface area (Å²) in [5.74, 6) is 0. The van der Waals surface area contributed by atoms with Gasteiger partial charge in [-0.25, -0.2) is 4.79 Å². The second-order valence-corrected chi connectivity index (χ2v) is 6.45. The molecule has 6 heteroatoms. The number of aromatic nitrogens is 2. The van der Waals surface area contributed by atoms with E-state index >= 15 is 0 Å². The fourth-order valence-corrected chi connectivity index (χ4v) is 3.38. The van der Waals surface area contributed by atoms with Crippen LogP contribution in [0.2, 0.25) is 0 Å². The number of nitrogens with zero attached hydrogens (tertiary/aromatic N) is 2. The van der Waals surface area contributed by atoms with Gasteiger partial charge in [-0.2, -0.15) is 0 Å². The summed E-state index contributed by atoms with van der Waals surface area (Å²) in [6.07, 6.45) is 4.92. The lowest BCUT2D eigenvalue weighted by atomic mass is 9.71. The Morgan fingerprint density at radius 1 is 1.43 bits per heavy atom. The molecule has 21 heavy (non-hydrogen) atoms. The Morgan fingerprint density at radius 3 is 3.10 bits per heavy atom. The van der Waals surface area contributed by atoms with Crippen molar-refractivity contribution in [3.05, 3.63) is 41.6 Å². The molecule has 2 N–H and O–H groups in total. The Kier molecular flexibility index (Phi) is 3.88. The summed E-state index contributed by atoms with van der Waals surface area (Å²) in [4.78, 5) is 11.9. The van der Waals surface area contributed by atoms with Crippen LogP contribution >= 0.6 is 11.5 Å². The second-order valence-electron chi connectivity index (χ2n) is 5.66. The number of aryl methyl sites for hydroxylation is 1. The van der Waals surface area contributed by atoms with E-state index < -0.39 is 0 Å². The fraction of sp³-hybridized carbons (Fsp3) is 0.400. The quantitative estimate of drug-likeness (QED) is 0.916. The van der Waals surface area contributed by atoms with Crippen LogP contribution in [-0.4, -0.2) is 22.2 Å². The van der Waals surface area contributed by atoms with Crippen molar-refractivity contribution in [1.82, 2.24) is 14.9 Å². The minimum absolute atomic E-state index is 0.00185. The number of nitrogens with one attached hydrogen (secondary N) is 2. The van der Waals surface area contributed by atoms with Gasteiger partial charge in [-0.3, -0.25) is 5.32 Å². The van der Waals surface area contributed by atoms with E-state index in [0.29, 0.717) is 11.5 Å². The summed E-state index contributed by atoms with van der Waals surface area (Å²) >= 11 is 1.17. The van der Waals surface area contributed by atoms with Crippen LogP contribution in [0.4, 0.5) is 9.80 Å². The molecule has 0 spiro atoms. The lowest BCUT2D eigenvalue weighted by Crippen LogP contribution is -2.42. The van der Waals surface area contributed by atoms with E-state index in [2.05, 4.69) is 51.4 Å². The summed E-state index contributed by atoms with van der Waals surface area (Å²) in [5, 5.41) is 10.1. The van der Waals surface area contributed by atoms with Crippen molar-refractivity contribution >= 4 is 22.6 Å². The number of benzene rings is 1. The van der Waals surface area contributed by atoms with Gasteiger partial charge in [0.25, 0.3) is 0 Å². The Morgan fingerprint density at radius 2 is 2.29 bits per heavy atom. The SMILES string of the molecule is CC1(CNC(=O)Nc2cnns2)CCCc2ccccc21. The van der Waals surface area contributed by atoms with Crippen molar-refractivity contribution in [2.75, 3.05) is 11.9 Å². The third kappa shape index (κ3) is 3.05. The van der Waals surface area contributed by atoms with Gasteiger partial charge in [-0.15, -0.1) is 5.10 Å². The average molecular weight is 302 g/mol. The molecule has 1 aromatic carbocycles. The molecule has 110 valence electrons. The molecule has 1 aliphatic rings. The molecule has 2 aromatic rings. The summed E-state index contributed by atoms with van der Waals surface area (Å²) in [6, 6.07) is 8.33. The van der Waals surface area contributed by atoms with Gasteiger partial charge >= 0.3 is 6.03 Å². The first-order valence-electron chi connectivity index (χ1n) is 7.08. The van der Waals surface area contributed by atoms with Crippen LogP contribution in [-0.2, 0) is 11.8 Å². The maximum atomic E-state index is 11.9. The topological polar surface area (TPSA) is 66.9 Å². The van der Waals surface area contributed by atoms with Gasteiger partial charge in [0.2, 0.25) is 0 Å². The summed E-state index contributed by atoms with van der Waals surface area (Å²) in [5.41, 5.74) is 2.76. The molecule has 1 aliphatic carbocycles. The van der Waals surface area contributed by atoms with Gasteiger partial charge in [0, 0.05) is 23.5 Å². The lowest BCUT2D eigenvalue weighted by Gasteiger charge is -2.36. The molecular weight excluding hydrogens is 284 g/mol. The fourth-order valence-electron chi connectivity index (χ4n) is 2.97. The highest BCUT2D eigenvalue weighted by molar-refractivity contribution is 7.10. The molecule has 1 aromatic heterocycles. The van der Waals surface area contributed by atoms with E-state index in [4.69, 9.17) is 0 Å². The van der Waals surface area contributed by atoms with E-state index in [1.807, 2.05) is 0 Å². The maximum absolute atomic E-state index is 11.9. The molecule has 0 saturated heterocycles. The van der Waals surface area contributed by atoms with Crippen LogP contribution in [0, 0.1) is 0 Å². The highest BCUT2D eigenvalue weighted by Crippen LogP contribution is 2.36. The zero-order chi connectivity index (χ0) is 14.7. The first-order valence-corrected chi connectivity index (χ1v) is 7.85. The van der Waals surface area contributed by atoms with Crippen LogP contribution in [0.1, 0.15) is 30.9 Å². The molecule has 5 nitrogen and oxygen atoms in total. The Balaban J connectivity index is 1.66. The first kappa shape index (κ1) is 14.0. The van der Waals surface area contributed by atoms with Crippen LogP contribution in [0.3, 0.4) is 0 Å². The molecule has 0 aliphatic heterocycles. The van der Waals surface area contributed by atoms with Crippen molar-refractivity contribution in [3.8, 4) is 0 Å². The van der Waals surface area contributed by atoms with Crippen molar-refractivity contribution in [2.45, 2.75) is 31.6 Å². The molecule has 1 heterocycles. The normalized spacial score (nSPS) is 20.6.